The molecule has 0 saturated carbocycles. The minimum atomic E-state index is -1.30. The molecule has 0 fully saturated rings. The molecule has 12 heteroatoms. The van der Waals surface area contributed by atoms with Gasteiger partial charge in [-0.25, -0.2) is 18.7 Å². The Bertz CT molecular complexity index is 1590. The van der Waals surface area contributed by atoms with Crippen LogP contribution in [0.3, 0.4) is 0 Å². The molecule has 4 aromatic rings. The molecular formula is C27H27ClF2N6O3. The lowest BCUT2D eigenvalue weighted by Crippen LogP contribution is -2.36. The molecule has 204 valence electrons. The van der Waals surface area contributed by atoms with Gasteiger partial charge in [-0.3, -0.25) is 19.3 Å². The van der Waals surface area contributed by atoms with E-state index in [1.807, 2.05) is 19.0 Å². The zero-order valence-corrected chi connectivity index (χ0v) is 22.8. The molecule has 4 aromatic heterocycles. The highest BCUT2D eigenvalue weighted by molar-refractivity contribution is 6.31. The van der Waals surface area contributed by atoms with Gasteiger partial charge in [0.2, 0.25) is 0 Å². The standard InChI is InChI=1S/C27H27ClF2N6O3/c1-15-11-32-20(19-6-7-31-26(34-19)27(3,38)14-35(4)5)10-22(15)36-16(2)8-23(24(28)25(36)37)39-13-21-18(30)9-17(29)12-33-21/h6-12,38H,13-14H2,1-5H3. The highest BCUT2D eigenvalue weighted by atomic mass is 35.5. The van der Waals surface area contributed by atoms with E-state index in [-0.39, 0.29) is 28.9 Å². The second kappa shape index (κ2) is 11.1. The Labute approximate surface area is 228 Å². The second-order valence-electron chi connectivity index (χ2n) is 9.61. The van der Waals surface area contributed by atoms with Crippen molar-refractivity contribution in [3.05, 3.63) is 92.6 Å². The average Bonchev–Trinajstić information content (AvgIpc) is 2.86. The van der Waals surface area contributed by atoms with E-state index in [4.69, 9.17) is 16.3 Å². The summed E-state index contributed by atoms with van der Waals surface area (Å²) in [5.74, 6) is -1.40. The lowest BCUT2D eigenvalue weighted by molar-refractivity contribution is 0.0217. The van der Waals surface area contributed by atoms with Gasteiger partial charge in [-0.05, 0) is 52.6 Å². The Morgan fingerprint density at radius 3 is 2.54 bits per heavy atom. The molecular weight excluding hydrogens is 530 g/mol. The van der Waals surface area contributed by atoms with Gasteiger partial charge < -0.3 is 14.7 Å². The molecule has 4 heterocycles. The topological polar surface area (TPSA) is 106 Å². The quantitative estimate of drug-likeness (QED) is 0.347. The molecule has 0 amide bonds. The summed E-state index contributed by atoms with van der Waals surface area (Å²) in [7, 11) is 3.68. The Morgan fingerprint density at radius 1 is 1.10 bits per heavy atom. The zero-order chi connectivity index (χ0) is 28.5. The fourth-order valence-corrected chi connectivity index (χ4v) is 4.32. The molecule has 4 rings (SSSR count). The molecule has 9 nitrogen and oxygen atoms in total. The van der Waals surface area contributed by atoms with Crippen LogP contribution in [0.1, 0.15) is 29.7 Å². The van der Waals surface area contributed by atoms with Crippen molar-refractivity contribution < 1.29 is 18.6 Å². The number of rotatable bonds is 8. The third-order valence-corrected chi connectivity index (χ3v) is 6.24. The molecule has 39 heavy (non-hydrogen) atoms. The van der Waals surface area contributed by atoms with Crippen LogP contribution in [0.5, 0.6) is 5.75 Å². The molecule has 0 radical (unpaired) electrons. The fourth-order valence-electron chi connectivity index (χ4n) is 4.12. The van der Waals surface area contributed by atoms with E-state index in [2.05, 4.69) is 19.9 Å². The van der Waals surface area contributed by atoms with Gasteiger partial charge >= 0.3 is 0 Å². The summed E-state index contributed by atoms with van der Waals surface area (Å²) in [5.41, 5.74) is 0.642. The van der Waals surface area contributed by atoms with Crippen LogP contribution in [0.4, 0.5) is 8.78 Å². The minimum absolute atomic E-state index is 0.0384. The van der Waals surface area contributed by atoms with Gasteiger partial charge in [-0.2, -0.15) is 0 Å². The first-order valence-corrected chi connectivity index (χ1v) is 12.3. The van der Waals surface area contributed by atoms with Crippen LogP contribution in [0, 0.1) is 25.5 Å². The van der Waals surface area contributed by atoms with Crippen LogP contribution in [0.15, 0.2) is 47.7 Å². The van der Waals surface area contributed by atoms with E-state index < -0.39 is 22.8 Å². The van der Waals surface area contributed by atoms with Gasteiger partial charge in [0, 0.05) is 36.8 Å². The number of aliphatic hydroxyl groups is 1. The van der Waals surface area contributed by atoms with Crippen LogP contribution in [-0.4, -0.2) is 55.1 Å². The lowest BCUT2D eigenvalue weighted by atomic mass is 10.1. The zero-order valence-electron chi connectivity index (χ0n) is 22.0. The molecule has 0 aliphatic heterocycles. The van der Waals surface area contributed by atoms with E-state index in [0.717, 1.165) is 6.20 Å². The number of halogens is 3. The van der Waals surface area contributed by atoms with E-state index in [1.165, 1.54) is 4.57 Å². The van der Waals surface area contributed by atoms with E-state index in [0.29, 0.717) is 40.9 Å². The summed E-state index contributed by atoms with van der Waals surface area (Å²) >= 11 is 6.37. The Hall–Kier alpha value is -3.80. The van der Waals surface area contributed by atoms with Crippen molar-refractivity contribution in [2.24, 2.45) is 0 Å². The summed E-state index contributed by atoms with van der Waals surface area (Å²) in [5, 5.41) is 10.7. The van der Waals surface area contributed by atoms with Crippen molar-refractivity contribution in [2.45, 2.75) is 33.0 Å². The minimum Gasteiger partial charge on any atom is -0.485 e. The molecule has 0 bridgehead atoms. The first kappa shape index (κ1) is 28.2. The third-order valence-electron chi connectivity index (χ3n) is 5.89. The normalized spacial score (nSPS) is 13.0. The van der Waals surface area contributed by atoms with Crippen molar-refractivity contribution in [1.29, 1.82) is 0 Å². The fraction of sp³-hybridized carbons (Fsp3) is 0.296. The Kier molecular flexibility index (Phi) is 8.05. The maximum absolute atomic E-state index is 14.0. The summed E-state index contributed by atoms with van der Waals surface area (Å²) in [4.78, 5) is 32.1. The van der Waals surface area contributed by atoms with Crippen molar-refractivity contribution >= 4 is 11.6 Å². The maximum Gasteiger partial charge on any atom is 0.277 e. The highest BCUT2D eigenvalue weighted by Crippen LogP contribution is 2.28. The summed E-state index contributed by atoms with van der Waals surface area (Å²) in [6, 6.07) is 5.61. The lowest BCUT2D eigenvalue weighted by Gasteiger charge is -2.25. The van der Waals surface area contributed by atoms with Gasteiger partial charge in [-0.15, -0.1) is 0 Å². The van der Waals surface area contributed by atoms with Crippen molar-refractivity contribution in [2.75, 3.05) is 20.6 Å². The first-order valence-electron chi connectivity index (χ1n) is 11.9. The number of pyridine rings is 3. The number of hydrogen-bond donors (Lipinski definition) is 1. The van der Waals surface area contributed by atoms with Crippen LogP contribution in [-0.2, 0) is 12.2 Å². The first-order chi connectivity index (χ1) is 18.4. The summed E-state index contributed by atoms with van der Waals surface area (Å²) in [6.07, 6.45) is 4.03. The number of nitrogens with zero attached hydrogens (tertiary/aromatic N) is 6. The molecule has 0 aliphatic carbocycles. The van der Waals surface area contributed by atoms with Crippen molar-refractivity contribution in [3.8, 4) is 22.8 Å². The van der Waals surface area contributed by atoms with Crippen LogP contribution in [0.25, 0.3) is 17.1 Å². The molecule has 1 unspecified atom stereocenters. The highest BCUT2D eigenvalue weighted by Gasteiger charge is 2.28. The van der Waals surface area contributed by atoms with Crippen LogP contribution < -0.4 is 10.3 Å². The largest absolute Gasteiger partial charge is 0.485 e. The summed E-state index contributed by atoms with van der Waals surface area (Å²) in [6.45, 7) is 5.10. The number of hydrogen-bond acceptors (Lipinski definition) is 8. The predicted octanol–water partition coefficient (Wildman–Crippen LogP) is 3.98. The maximum atomic E-state index is 14.0. The monoisotopic (exact) mass is 556 g/mol. The third kappa shape index (κ3) is 6.11. The van der Waals surface area contributed by atoms with E-state index in [9.17, 15) is 18.7 Å². The molecule has 0 aliphatic rings. The molecule has 0 spiro atoms. The van der Waals surface area contributed by atoms with Crippen molar-refractivity contribution in [1.82, 2.24) is 29.4 Å². The molecule has 1 N–H and O–H groups in total. The number of aryl methyl sites for hydroxylation is 2. The van der Waals surface area contributed by atoms with Crippen LogP contribution >= 0.6 is 11.6 Å². The number of ether oxygens (including phenoxy) is 1. The number of likely N-dealkylation sites (N-methyl/N-ethyl adjacent to an activating group) is 1. The molecule has 0 saturated heterocycles. The Balaban J connectivity index is 1.70. The van der Waals surface area contributed by atoms with Crippen LogP contribution in [0.2, 0.25) is 5.02 Å². The van der Waals surface area contributed by atoms with E-state index in [1.54, 1.807) is 51.4 Å². The van der Waals surface area contributed by atoms with Crippen molar-refractivity contribution in [3.63, 3.8) is 0 Å². The van der Waals surface area contributed by atoms with Gasteiger partial charge in [-0.1, -0.05) is 11.6 Å². The van der Waals surface area contributed by atoms with Gasteiger partial charge in [0.25, 0.3) is 5.56 Å². The van der Waals surface area contributed by atoms with Gasteiger partial charge in [0.1, 0.15) is 34.5 Å². The average molecular weight is 557 g/mol. The molecule has 1 atom stereocenters. The Morgan fingerprint density at radius 2 is 1.85 bits per heavy atom. The van der Waals surface area contributed by atoms with Gasteiger partial charge in [0.05, 0.1) is 23.3 Å². The predicted molar refractivity (Wildman–Crippen MR) is 142 cm³/mol. The van der Waals surface area contributed by atoms with Gasteiger partial charge in [0.15, 0.2) is 11.6 Å². The summed E-state index contributed by atoms with van der Waals surface area (Å²) < 4.78 is 34.1. The number of aromatic nitrogens is 5. The smallest absolute Gasteiger partial charge is 0.277 e. The van der Waals surface area contributed by atoms with E-state index >= 15 is 0 Å². The SMILES string of the molecule is Cc1cnc(-c2ccnc(C(C)(O)CN(C)C)n2)cc1-n1c(C)cc(OCc2ncc(F)cc2F)c(Cl)c1=O. The molecule has 0 aromatic carbocycles. The second-order valence-corrected chi connectivity index (χ2v) is 9.99.